The van der Waals surface area contributed by atoms with Crippen LogP contribution in [-0.4, -0.2) is 17.5 Å². The molecule has 0 saturated heterocycles. The van der Waals surface area contributed by atoms with Gasteiger partial charge < -0.3 is 23.8 Å². The van der Waals surface area contributed by atoms with Crippen molar-refractivity contribution in [3.8, 4) is 0 Å². The summed E-state index contributed by atoms with van der Waals surface area (Å²) < 4.78 is 41.4. The molecule has 0 aliphatic heterocycles. The van der Waals surface area contributed by atoms with Crippen molar-refractivity contribution in [3.63, 3.8) is 0 Å². The first-order valence-corrected chi connectivity index (χ1v) is 4.24. The zero-order chi connectivity index (χ0) is 9.00. The molecule has 0 bridgehead atoms. The number of hydrogen-bond donors (Lipinski definition) is 1. The second kappa shape index (κ2) is 9.07. The quantitative estimate of drug-likeness (QED) is 0.196. The molecule has 1 radical (unpaired) electrons. The molecule has 12 heavy (non-hydrogen) atoms. The van der Waals surface area contributed by atoms with E-state index >= 15 is 0 Å². The van der Waals surface area contributed by atoms with Crippen LogP contribution in [0.15, 0.2) is 0 Å². The summed E-state index contributed by atoms with van der Waals surface area (Å²) >= 11 is 0. The van der Waals surface area contributed by atoms with Crippen LogP contribution >= 0.6 is 7.82 Å². The van der Waals surface area contributed by atoms with E-state index in [0.717, 1.165) is 0 Å². The zero-order valence-electron chi connectivity index (χ0n) is 5.51. The topological polar surface area (TPSA) is 164 Å². The average molecular weight is 271 g/mol. The minimum absolute atomic E-state index is 0. The van der Waals surface area contributed by atoms with Crippen molar-refractivity contribution in [2.45, 2.75) is 0 Å². The Morgan fingerprint density at radius 1 is 1.17 bits per heavy atom. The first-order chi connectivity index (χ1) is 4.00. The standard InChI is InChI=1S/Fe.Na.H3O4P.H2O4S/c;;2*1-5(2,3)4/h;;(H3,1,2,3,4);(H2,1,2,3,4)/q+3;+1;;/p-4. The van der Waals surface area contributed by atoms with Crippen LogP contribution in [0.4, 0.5) is 0 Å². The van der Waals surface area contributed by atoms with Crippen molar-refractivity contribution >= 4 is 18.2 Å². The van der Waals surface area contributed by atoms with Gasteiger partial charge in [0, 0.05) is 0 Å². The van der Waals surface area contributed by atoms with E-state index in [1.54, 1.807) is 0 Å². The van der Waals surface area contributed by atoms with E-state index in [0.29, 0.717) is 0 Å². The van der Waals surface area contributed by atoms with Crippen molar-refractivity contribution < 1.29 is 83.4 Å². The van der Waals surface area contributed by atoms with Crippen LogP contribution in [0.5, 0.6) is 0 Å². The van der Waals surface area contributed by atoms with E-state index in [1.807, 2.05) is 0 Å². The molecule has 12 heteroatoms. The Morgan fingerprint density at radius 3 is 1.17 bits per heavy atom. The van der Waals surface area contributed by atoms with E-state index in [-0.39, 0.29) is 46.6 Å². The monoisotopic (exact) mass is 271 g/mol. The van der Waals surface area contributed by atoms with E-state index in [9.17, 15) is 0 Å². The summed E-state index contributed by atoms with van der Waals surface area (Å²) in [5, 5.41) is 0. The molecule has 0 aromatic heterocycles. The molecule has 0 fully saturated rings. The van der Waals surface area contributed by atoms with Gasteiger partial charge in [0.1, 0.15) is 0 Å². The molecular weight excluding hydrogens is 270 g/mol. The van der Waals surface area contributed by atoms with Crippen molar-refractivity contribution in [3.05, 3.63) is 0 Å². The Hall–Kier alpha value is 1.50. The molecule has 0 aromatic rings. The summed E-state index contributed by atoms with van der Waals surface area (Å²) in [7, 11) is -10.3. The molecule has 8 nitrogen and oxygen atoms in total. The van der Waals surface area contributed by atoms with Crippen LogP contribution in [0.25, 0.3) is 0 Å². The molecule has 0 rings (SSSR count). The van der Waals surface area contributed by atoms with E-state index in [4.69, 9.17) is 36.8 Å². The average Bonchev–Trinajstić information content (AvgIpc) is 1.12. The Kier molecular flexibility index (Phi) is 17.7. The maximum Gasteiger partial charge on any atom is 3.00 e. The molecule has 1 N–H and O–H groups in total. The van der Waals surface area contributed by atoms with Gasteiger partial charge in [0.2, 0.25) is 10.4 Å². The summed E-state index contributed by atoms with van der Waals surface area (Å²) in [4.78, 5) is 25.6. The molecule has 0 unspecified atom stereocenters. The number of rotatable bonds is 0. The summed E-state index contributed by atoms with van der Waals surface area (Å²) in [5.41, 5.74) is 0. The SMILES string of the molecule is O=P([O-])([O-])[O-].O=S(=O)([O-])O.[Fe+3].[Na+]. The molecule has 0 amide bonds. The van der Waals surface area contributed by atoms with E-state index in [2.05, 4.69) is 0 Å². The van der Waals surface area contributed by atoms with Gasteiger partial charge in [-0.15, -0.1) is 0 Å². The van der Waals surface area contributed by atoms with Gasteiger partial charge in [0.25, 0.3) is 0 Å². The maximum absolute atomic E-state index is 8.63. The predicted molar refractivity (Wildman–Crippen MR) is 19.9 cm³/mol. The maximum atomic E-state index is 8.63. The molecule has 0 spiro atoms. The minimum atomic E-state index is -5.39. The Balaban J connectivity index is -0.0000000457. The number of hydrogen-bond acceptors (Lipinski definition) is 7. The summed E-state index contributed by atoms with van der Waals surface area (Å²) in [5.74, 6) is 0. The van der Waals surface area contributed by atoms with Crippen molar-refractivity contribution in [2.24, 2.45) is 0 Å². The number of phosphoric acid groups is 1. The van der Waals surface area contributed by atoms with Gasteiger partial charge >= 0.3 is 46.6 Å². The van der Waals surface area contributed by atoms with Crippen LogP contribution in [-0.2, 0) is 32.0 Å². The third kappa shape index (κ3) is 564. The smallest absolute Gasteiger partial charge is 0.822 e. The predicted octanol–water partition coefficient (Wildman–Crippen LogP) is -6.82. The minimum Gasteiger partial charge on any atom is -0.822 e. The molecule has 0 heterocycles. The second-order valence-electron chi connectivity index (χ2n) is 0.875. The second-order valence-corrected chi connectivity index (χ2v) is 2.62. The molecule has 0 aliphatic rings. The Morgan fingerprint density at radius 2 is 1.17 bits per heavy atom. The molecule has 0 atom stereocenters. The molecule has 0 saturated carbocycles. The van der Waals surface area contributed by atoms with E-state index in [1.165, 1.54) is 0 Å². The van der Waals surface area contributed by atoms with Gasteiger partial charge in [-0.05, 0) is 0 Å². The molecule has 0 aromatic carbocycles. The van der Waals surface area contributed by atoms with Gasteiger partial charge in [-0.3, -0.25) is 4.55 Å². The van der Waals surface area contributed by atoms with Gasteiger partial charge in [-0.2, -0.15) is 7.82 Å². The fourth-order valence-electron chi connectivity index (χ4n) is 0. The van der Waals surface area contributed by atoms with Crippen LogP contribution < -0.4 is 44.2 Å². The van der Waals surface area contributed by atoms with Gasteiger partial charge in [0.15, 0.2) is 0 Å². The zero-order valence-corrected chi connectivity index (χ0v) is 10.3. The van der Waals surface area contributed by atoms with Crippen LogP contribution in [0.2, 0.25) is 0 Å². The fraction of sp³-hybridized carbons (Fsp3) is 0. The third-order valence-corrected chi connectivity index (χ3v) is 0. The van der Waals surface area contributed by atoms with E-state index < -0.39 is 18.2 Å². The fourth-order valence-corrected chi connectivity index (χ4v) is 0. The molecular formula is HFeNaO8PS. The van der Waals surface area contributed by atoms with Gasteiger partial charge in [0.05, 0.1) is 0 Å². The summed E-state index contributed by atoms with van der Waals surface area (Å²) in [6.07, 6.45) is 0. The summed E-state index contributed by atoms with van der Waals surface area (Å²) in [6, 6.07) is 0. The van der Waals surface area contributed by atoms with Gasteiger partial charge in [-0.25, -0.2) is 8.42 Å². The Bertz CT molecular complexity index is 197. The largest absolute Gasteiger partial charge is 3.00 e. The molecule has 69 valence electrons. The van der Waals surface area contributed by atoms with Crippen LogP contribution in [0, 0.1) is 0 Å². The normalized spacial score (nSPS) is 9.75. The van der Waals surface area contributed by atoms with Crippen molar-refractivity contribution in [1.29, 1.82) is 0 Å². The van der Waals surface area contributed by atoms with Crippen molar-refractivity contribution in [1.82, 2.24) is 0 Å². The third-order valence-electron chi connectivity index (χ3n) is 0. The van der Waals surface area contributed by atoms with Gasteiger partial charge in [-0.1, -0.05) is 0 Å². The first-order valence-electron chi connectivity index (χ1n) is 1.41. The van der Waals surface area contributed by atoms with Crippen LogP contribution in [0.3, 0.4) is 0 Å². The molecule has 0 aliphatic carbocycles. The first kappa shape index (κ1) is 23.4. The Labute approximate surface area is 101 Å². The summed E-state index contributed by atoms with van der Waals surface area (Å²) in [6.45, 7) is 0. The van der Waals surface area contributed by atoms with Crippen LogP contribution in [0.1, 0.15) is 0 Å². The van der Waals surface area contributed by atoms with Crippen molar-refractivity contribution in [2.75, 3.05) is 0 Å².